The fourth-order valence-corrected chi connectivity index (χ4v) is 3.99. The second-order valence-electron chi connectivity index (χ2n) is 5.56. The third-order valence-corrected chi connectivity index (χ3v) is 5.61. The Labute approximate surface area is 140 Å². The quantitative estimate of drug-likeness (QED) is 0.709. The van der Waals surface area contributed by atoms with E-state index in [9.17, 15) is 8.42 Å². The molecule has 0 amide bonds. The Bertz CT molecular complexity index is 909. The van der Waals surface area contributed by atoms with E-state index in [4.69, 9.17) is 0 Å². The summed E-state index contributed by atoms with van der Waals surface area (Å²) in [5, 5.41) is 2.05. The van der Waals surface area contributed by atoms with Crippen molar-refractivity contribution in [2.45, 2.75) is 13.5 Å². The van der Waals surface area contributed by atoms with Crippen molar-refractivity contribution in [2.24, 2.45) is 0 Å². The molecule has 0 aliphatic carbocycles. The lowest BCUT2D eigenvalue weighted by atomic mass is 10.1. The van der Waals surface area contributed by atoms with Crippen molar-refractivity contribution in [2.75, 3.05) is 12.0 Å². The molecule has 3 rings (SSSR count). The van der Waals surface area contributed by atoms with Crippen LogP contribution in [0.5, 0.6) is 0 Å². The van der Waals surface area contributed by atoms with Gasteiger partial charge in [-0.15, -0.1) is 11.3 Å². The van der Waals surface area contributed by atoms with Crippen LogP contribution in [0.15, 0.2) is 48.1 Å². The minimum Gasteiger partial charge on any atom is -0.328 e. The van der Waals surface area contributed by atoms with E-state index in [1.165, 1.54) is 11.8 Å². The summed E-state index contributed by atoms with van der Waals surface area (Å²) in [5.41, 5.74) is 4.10. The summed E-state index contributed by atoms with van der Waals surface area (Å²) in [6, 6.07) is 12.1. The minimum absolute atomic E-state index is 0.106. The van der Waals surface area contributed by atoms with Crippen LogP contribution in [0.4, 0.5) is 0 Å². The summed E-state index contributed by atoms with van der Waals surface area (Å²) in [6.07, 6.45) is 3.00. The molecule has 4 nitrogen and oxygen atoms in total. The van der Waals surface area contributed by atoms with E-state index in [0.717, 1.165) is 21.8 Å². The predicted molar refractivity (Wildman–Crippen MR) is 95.4 cm³/mol. The number of aromatic nitrogens is 2. The van der Waals surface area contributed by atoms with Crippen LogP contribution in [0, 0.1) is 6.92 Å². The van der Waals surface area contributed by atoms with Gasteiger partial charge in [0.05, 0.1) is 28.3 Å². The molecule has 0 aliphatic heterocycles. The number of nitrogens with zero attached hydrogens (tertiary/aromatic N) is 2. The first-order valence-electron chi connectivity index (χ1n) is 7.28. The van der Waals surface area contributed by atoms with Gasteiger partial charge in [0.15, 0.2) is 0 Å². The zero-order chi connectivity index (χ0) is 16.4. The van der Waals surface area contributed by atoms with Crippen LogP contribution < -0.4 is 0 Å². The van der Waals surface area contributed by atoms with Gasteiger partial charge < -0.3 is 4.57 Å². The highest BCUT2D eigenvalue weighted by Gasteiger charge is 2.18. The summed E-state index contributed by atoms with van der Waals surface area (Å²) in [7, 11) is -3.02. The summed E-state index contributed by atoms with van der Waals surface area (Å²) < 4.78 is 25.0. The molecule has 0 spiro atoms. The molecule has 0 aliphatic rings. The van der Waals surface area contributed by atoms with E-state index in [2.05, 4.69) is 18.0 Å². The number of imidazole rings is 1. The Morgan fingerprint density at radius 2 is 1.91 bits per heavy atom. The Hall–Kier alpha value is -1.92. The number of rotatable bonds is 5. The second-order valence-corrected chi connectivity index (χ2v) is 8.74. The molecule has 120 valence electrons. The van der Waals surface area contributed by atoms with E-state index < -0.39 is 9.84 Å². The van der Waals surface area contributed by atoms with Gasteiger partial charge in [0.1, 0.15) is 9.84 Å². The van der Waals surface area contributed by atoms with Gasteiger partial charge in [0.2, 0.25) is 0 Å². The average molecular weight is 346 g/mol. The van der Waals surface area contributed by atoms with Gasteiger partial charge in [-0.1, -0.05) is 30.3 Å². The molecule has 0 fully saturated rings. The van der Waals surface area contributed by atoms with Crippen molar-refractivity contribution in [3.63, 3.8) is 0 Å². The first-order valence-corrected chi connectivity index (χ1v) is 10.2. The first-order chi connectivity index (χ1) is 11.0. The van der Waals surface area contributed by atoms with E-state index >= 15 is 0 Å². The maximum Gasteiger partial charge on any atom is 0.149 e. The van der Waals surface area contributed by atoms with Crippen LogP contribution in [0.2, 0.25) is 0 Å². The number of thiophene rings is 1. The second kappa shape index (κ2) is 6.29. The maximum atomic E-state index is 11.5. The lowest BCUT2D eigenvalue weighted by Gasteiger charge is -2.09. The van der Waals surface area contributed by atoms with Crippen LogP contribution in [0.3, 0.4) is 0 Å². The Kier molecular flexibility index (Phi) is 4.37. The van der Waals surface area contributed by atoms with E-state index in [-0.39, 0.29) is 5.75 Å². The van der Waals surface area contributed by atoms with Crippen molar-refractivity contribution < 1.29 is 8.42 Å². The molecular formula is C17H18N2O2S2. The molecule has 0 radical (unpaired) electrons. The molecule has 0 bridgehead atoms. The smallest absolute Gasteiger partial charge is 0.149 e. The van der Waals surface area contributed by atoms with Crippen molar-refractivity contribution in [3.8, 4) is 21.8 Å². The van der Waals surface area contributed by atoms with E-state index in [0.29, 0.717) is 6.54 Å². The third-order valence-electron chi connectivity index (χ3n) is 3.67. The summed E-state index contributed by atoms with van der Waals surface area (Å²) >= 11 is 1.65. The van der Waals surface area contributed by atoms with Crippen molar-refractivity contribution >= 4 is 21.2 Å². The number of hydrogen-bond acceptors (Lipinski definition) is 4. The zero-order valence-electron chi connectivity index (χ0n) is 13.1. The van der Waals surface area contributed by atoms with Crippen LogP contribution >= 0.6 is 11.3 Å². The van der Waals surface area contributed by atoms with Crippen molar-refractivity contribution in [1.29, 1.82) is 0 Å². The van der Waals surface area contributed by atoms with Gasteiger partial charge >= 0.3 is 0 Å². The van der Waals surface area contributed by atoms with Crippen LogP contribution in [-0.4, -0.2) is 30.0 Å². The van der Waals surface area contributed by atoms with Gasteiger partial charge in [-0.25, -0.2) is 13.4 Å². The summed E-state index contributed by atoms with van der Waals surface area (Å²) in [5.74, 6) is 0.106. The molecule has 0 N–H and O–H groups in total. The highest BCUT2D eigenvalue weighted by Crippen LogP contribution is 2.36. The van der Waals surface area contributed by atoms with E-state index in [1.54, 1.807) is 17.7 Å². The molecule has 0 unspecified atom stereocenters. The standard InChI is InChI=1S/C17H18N2O2S2/c1-13-8-10-22-17(13)16-15(14-6-4-3-5-7-14)18-12-19(16)9-11-23(2,20)21/h3-8,10,12H,9,11H2,1-2H3. The van der Waals surface area contributed by atoms with Crippen LogP contribution in [0.25, 0.3) is 21.8 Å². The molecule has 23 heavy (non-hydrogen) atoms. The van der Waals surface area contributed by atoms with Crippen molar-refractivity contribution in [3.05, 3.63) is 53.7 Å². The topological polar surface area (TPSA) is 52.0 Å². The maximum absolute atomic E-state index is 11.5. The third kappa shape index (κ3) is 3.54. The fourth-order valence-electron chi connectivity index (χ4n) is 2.48. The first kappa shape index (κ1) is 16.0. The lowest BCUT2D eigenvalue weighted by Crippen LogP contribution is -2.11. The van der Waals surface area contributed by atoms with Gasteiger partial charge in [0.25, 0.3) is 0 Å². The Balaban J connectivity index is 2.11. The molecule has 2 heterocycles. The van der Waals surface area contributed by atoms with Crippen LogP contribution in [0.1, 0.15) is 5.56 Å². The van der Waals surface area contributed by atoms with E-state index in [1.807, 2.05) is 40.3 Å². The summed E-state index contributed by atoms with van der Waals surface area (Å²) in [6.45, 7) is 2.47. The predicted octanol–water partition coefficient (Wildman–Crippen LogP) is 3.63. The number of sulfone groups is 1. The number of hydrogen-bond donors (Lipinski definition) is 0. The lowest BCUT2D eigenvalue weighted by molar-refractivity contribution is 0.595. The molecule has 6 heteroatoms. The summed E-state index contributed by atoms with van der Waals surface area (Å²) in [4.78, 5) is 5.69. The Morgan fingerprint density at radius 3 is 2.52 bits per heavy atom. The van der Waals surface area contributed by atoms with Crippen molar-refractivity contribution in [1.82, 2.24) is 9.55 Å². The normalized spacial score (nSPS) is 11.7. The van der Waals surface area contributed by atoms with Gasteiger partial charge in [-0.05, 0) is 23.9 Å². The van der Waals surface area contributed by atoms with Crippen LogP contribution in [-0.2, 0) is 16.4 Å². The monoisotopic (exact) mass is 346 g/mol. The molecule has 0 atom stereocenters. The van der Waals surface area contributed by atoms with Gasteiger partial charge in [-0.2, -0.15) is 0 Å². The number of benzene rings is 1. The van der Waals surface area contributed by atoms with Gasteiger partial charge in [0, 0.05) is 18.4 Å². The number of aryl methyl sites for hydroxylation is 2. The molecular weight excluding hydrogens is 328 g/mol. The molecule has 3 aromatic rings. The fraction of sp³-hybridized carbons (Fsp3) is 0.235. The molecule has 0 saturated heterocycles. The highest BCUT2D eigenvalue weighted by molar-refractivity contribution is 7.90. The molecule has 0 saturated carbocycles. The SMILES string of the molecule is Cc1ccsc1-c1c(-c2ccccc2)ncn1CCS(C)(=O)=O. The average Bonchev–Trinajstić information content (AvgIpc) is 3.11. The molecule has 1 aromatic carbocycles. The minimum atomic E-state index is -3.02. The van der Waals surface area contributed by atoms with Gasteiger partial charge in [-0.3, -0.25) is 0 Å². The molecule has 2 aromatic heterocycles. The highest BCUT2D eigenvalue weighted by atomic mass is 32.2. The zero-order valence-corrected chi connectivity index (χ0v) is 14.7. The largest absolute Gasteiger partial charge is 0.328 e. The Morgan fingerprint density at radius 1 is 1.17 bits per heavy atom.